The van der Waals surface area contributed by atoms with Crippen molar-refractivity contribution in [3.8, 4) is 0 Å². The van der Waals surface area contributed by atoms with Gasteiger partial charge >= 0.3 is 0 Å². The van der Waals surface area contributed by atoms with Gasteiger partial charge in [0.1, 0.15) is 15.8 Å². The van der Waals surface area contributed by atoms with Gasteiger partial charge in [0.25, 0.3) is 5.91 Å². The van der Waals surface area contributed by atoms with E-state index in [9.17, 15) is 22.8 Å². The van der Waals surface area contributed by atoms with Crippen molar-refractivity contribution in [3.63, 3.8) is 0 Å². The summed E-state index contributed by atoms with van der Waals surface area (Å²) in [6.45, 7) is -0.0440. The van der Waals surface area contributed by atoms with Crippen molar-refractivity contribution < 1.29 is 22.8 Å². The molecule has 0 aromatic heterocycles. The second kappa shape index (κ2) is 7.44. The van der Waals surface area contributed by atoms with E-state index in [-0.39, 0.29) is 24.5 Å². The number of carbonyl (C=O) groups excluding carboxylic acids is 3. The monoisotopic (exact) mass is 385 g/mol. The van der Waals surface area contributed by atoms with Crippen LogP contribution in [0.5, 0.6) is 0 Å². The fourth-order valence-corrected chi connectivity index (χ4v) is 3.85. The van der Waals surface area contributed by atoms with Gasteiger partial charge in [0, 0.05) is 23.9 Å². The third-order valence-corrected chi connectivity index (χ3v) is 5.51. The summed E-state index contributed by atoms with van der Waals surface area (Å²) in [5, 5.41) is 0. The summed E-state index contributed by atoms with van der Waals surface area (Å²) in [5.41, 5.74) is 1.07. The Hall–Kier alpha value is -2.80. The lowest BCUT2D eigenvalue weighted by Crippen LogP contribution is -2.47. The second-order valence-corrected chi connectivity index (χ2v) is 8.79. The zero-order valence-electron chi connectivity index (χ0n) is 14.8. The van der Waals surface area contributed by atoms with Crippen LogP contribution in [0.3, 0.4) is 0 Å². The Bertz CT molecular complexity index is 998. The Balaban J connectivity index is 1.97. The number of rotatable bonds is 6. The highest BCUT2D eigenvalue weighted by atomic mass is 32.2. The zero-order chi connectivity index (χ0) is 19.6. The minimum absolute atomic E-state index is 0.0440. The van der Waals surface area contributed by atoms with Crippen LogP contribution >= 0.6 is 0 Å². The van der Waals surface area contributed by atoms with E-state index in [0.717, 1.165) is 11.2 Å². The van der Waals surface area contributed by atoms with E-state index in [2.05, 4.69) is 0 Å². The maximum atomic E-state index is 13.0. The molecule has 3 rings (SSSR count). The summed E-state index contributed by atoms with van der Waals surface area (Å²) in [6, 6.07) is 15.0. The van der Waals surface area contributed by atoms with E-state index < -0.39 is 27.6 Å². The average molecular weight is 385 g/mol. The lowest BCUT2D eigenvalue weighted by molar-refractivity contribution is -0.129. The Kier molecular flexibility index (Phi) is 5.23. The van der Waals surface area contributed by atoms with E-state index in [1.165, 1.54) is 0 Å². The topological polar surface area (TPSA) is 88.6 Å². The average Bonchev–Trinajstić information content (AvgIpc) is 2.64. The van der Waals surface area contributed by atoms with Crippen LogP contribution in [0.2, 0.25) is 0 Å². The fourth-order valence-electron chi connectivity index (χ4n) is 3.20. The molecule has 0 fully saturated rings. The highest BCUT2D eigenvalue weighted by Gasteiger charge is 2.42. The predicted octanol–water partition coefficient (Wildman–Crippen LogP) is 2.07. The standard InChI is InChI=1S/C20H19NO5S/c1-27(25,26)13-7-12-21-19(23)16-11-6-5-10-15(16)17(20(21)24)18(22)14-8-3-2-4-9-14/h2-6,8-11,17H,7,12-13H2,1H3. The Labute approximate surface area is 157 Å². The summed E-state index contributed by atoms with van der Waals surface area (Å²) in [6.07, 6.45) is 1.23. The molecule has 0 aliphatic carbocycles. The van der Waals surface area contributed by atoms with Crippen LogP contribution in [0.15, 0.2) is 54.6 Å². The first-order valence-electron chi connectivity index (χ1n) is 8.51. The molecule has 0 spiro atoms. The SMILES string of the molecule is CS(=O)(=O)CCCN1C(=O)c2ccccc2C(C(=O)c2ccccc2)C1=O. The molecular weight excluding hydrogens is 366 g/mol. The number of Topliss-reactive ketones (excluding diaryl/α,β-unsaturated/α-hetero) is 1. The van der Waals surface area contributed by atoms with Crippen molar-refractivity contribution in [2.24, 2.45) is 0 Å². The van der Waals surface area contributed by atoms with Crippen LogP contribution in [0.4, 0.5) is 0 Å². The van der Waals surface area contributed by atoms with Crippen molar-refractivity contribution in [2.75, 3.05) is 18.6 Å². The molecule has 1 unspecified atom stereocenters. The normalized spacial score (nSPS) is 16.9. The summed E-state index contributed by atoms with van der Waals surface area (Å²) >= 11 is 0. The number of fused-ring (bicyclic) bond motifs is 1. The van der Waals surface area contributed by atoms with Gasteiger partial charge in [-0.05, 0) is 18.1 Å². The van der Waals surface area contributed by atoms with E-state index >= 15 is 0 Å². The van der Waals surface area contributed by atoms with E-state index in [1.807, 2.05) is 0 Å². The van der Waals surface area contributed by atoms with Gasteiger partial charge in [-0.15, -0.1) is 0 Å². The lowest BCUT2D eigenvalue weighted by Gasteiger charge is -2.31. The molecular formula is C20H19NO5S. The number of ketones is 1. The third kappa shape index (κ3) is 3.98. The summed E-state index contributed by atoms with van der Waals surface area (Å²) < 4.78 is 22.7. The van der Waals surface area contributed by atoms with E-state index in [1.54, 1.807) is 54.6 Å². The predicted molar refractivity (Wildman–Crippen MR) is 100 cm³/mol. The maximum absolute atomic E-state index is 13.0. The second-order valence-electron chi connectivity index (χ2n) is 6.53. The quantitative estimate of drug-likeness (QED) is 0.431. The Morgan fingerprint density at radius 3 is 2.30 bits per heavy atom. The fraction of sp³-hybridized carbons (Fsp3) is 0.250. The Morgan fingerprint density at radius 2 is 1.63 bits per heavy atom. The molecule has 1 aliphatic rings. The number of sulfone groups is 1. The molecule has 0 saturated carbocycles. The van der Waals surface area contributed by atoms with Gasteiger partial charge in [-0.2, -0.15) is 0 Å². The molecule has 2 amide bonds. The van der Waals surface area contributed by atoms with Crippen LogP contribution in [0.1, 0.15) is 38.6 Å². The summed E-state index contributed by atoms with van der Waals surface area (Å²) in [7, 11) is -3.21. The number of amides is 2. The van der Waals surface area contributed by atoms with Gasteiger partial charge in [-0.1, -0.05) is 48.5 Å². The molecule has 140 valence electrons. The maximum Gasteiger partial charge on any atom is 0.260 e. The van der Waals surface area contributed by atoms with Crippen LogP contribution in [-0.2, 0) is 14.6 Å². The highest BCUT2D eigenvalue weighted by molar-refractivity contribution is 7.90. The number of hydrogen-bond acceptors (Lipinski definition) is 5. The van der Waals surface area contributed by atoms with Crippen molar-refractivity contribution in [1.82, 2.24) is 4.90 Å². The minimum Gasteiger partial charge on any atom is -0.293 e. The highest BCUT2D eigenvalue weighted by Crippen LogP contribution is 2.32. The third-order valence-electron chi connectivity index (χ3n) is 4.48. The van der Waals surface area contributed by atoms with E-state index in [4.69, 9.17) is 0 Å². The van der Waals surface area contributed by atoms with Crippen LogP contribution in [-0.4, -0.2) is 49.5 Å². The van der Waals surface area contributed by atoms with Crippen molar-refractivity contribution in [3.05, 3.63) is 71.3 Å². The number of imide groups is 1. The molecule has 0 radical (unpaired) electrons. The number of hydrogen-bond donors (Lipinski definition) is 0. The van der Waals surface area contributed by atoms with Gasteiger partial charge < -0.3 is 0 Å². The molecule has 0 bridgehead atoms. The van der Waals surface area contributed by atoms with Gasteiger partial charge in [0.15, 0.2) is 5.78 Å². The molecule has 2 aromatic carbocycles. The lowest BCUT2D eigenvalue weighted by atomic mass is 9.83. The van der Waals surface area contributed by atoms with Crippen molar-refractivity contribution in [2.45, 2.75) is 12.3 Å². The molecule has 1 aliphatic heterocycles. The van der Waals surface area contributed by atoms with Crippen LogP contribution in [0.25, 0.3) is 0 Å². The summed E-state index contributed by atoms with van der Waals surface area (Å²) in [4.78, 5) is 39.7. The first-order valence-corrected chi connectivity index (χ1v) is 10.6. The zero-order valence-corrected chi connectivity index (χ0v) is 15.6. The van der Waals surface area contributed by atoms with Gasteiger partial charge in [0.2, 0.25) is 5.91 Å². The summed E-state index contributed by atoms with van der Waals surface area (Å²) in [5.74, 6) is -2.74. The molecule has 0 saturated heterocycles. The van der Waals surface area contributed by atoms with Gasteiger partial charge in [0.05, 0.1) is 5.75 Å². The molecule has 6 nitrogen and oxygen atoms in total. The minimum atomic E-state index is -3.21. The molecule has 2 aromatic rings. The Morgan fingerprint density at radius 1 is 1.00 bits per heavy atom. The van der Waals surface area contributed by atoms with Crippen molar-refractivity contribution >= 4 is 27.4 Å². The van der Waals surface area contributed by atoms with Crippen LogP contribution < -0.4 is 0 Å². The molecule has 1 heterocycles. The first kappa shape index (κ1) is 19.0. The molecule has 1 atom stereocenters. The molecule has 7 heteroatoms. The van der Waals surface area contributed by atoms with Crippen LogP contribution in [0, 0.1) is 0 Å². The smallest absolute Gasteiger partial charge is 0.260 e. The molecule has 0 N–H and O–H groups in total. The first-order chi connectivity index (χ1) is 12.8. The van der Waals surface area contributed by atoms with Gasteiger partial charge in [-0.25, -0.2) is 8.42 Å². The largest absolute Gasteiger partial charge is 0.293 e. The van der Waals surface area contributed by atoms with Crippen molar-refractivity contribution in [1.29, 1.82) is 0 Å². The number of carbonyl (C=O) groups is 3. The molecule has 27 heavy (non-hydrogen) atoms. The number of nitrogens with zero attached hydrogens (tertiary/aromatic N) is 1. The van der Waals surface area contributed by atoms with E-state index in [0.29, 0.717) is 16.7 Å². The van der Waals surface area contributed by atoms with Gasteiger partial charge in [-0.3, -0.25) is 19.3 Å². The number of benzene rings is 2.